The Morgan fingerprint density at radius 1 is 1.05 bits per heavy atom. The smallest absolute Gasteiger partial charge is 0.0354 e. The quantitative estimate of drug-likeness (QED) is 0.825. The Morgan fingerprint density at radius 2 is 1.89 bits per heavy atom. The van der Waals surface area contributed by atoms with Crippen LogP contribution in [-0.4, -0.2) is 24.0 Å². The van der Waals surface area contributed by atoms with Crippen molar-refractivity contribution in [2.24, 2.45) is 5.73 Å². The van der Waals surface area contributed by atoms with Crippen molar-refractivity contribution in [2.75, 3.05) is 13.1 Å². The van der Waals surface area contributed by atoms with Crippen molar-refractivity contribution in [2.45, 2.75) is 57.0 Å². The van der Waals surface area contributed by atoms with Gasteiger partial charge in [-0.15, -0.1) is 0 Å². The predicted octanol–water partition coefficient (Wildman–Crippen LogP) is 3.27. The summed E-state index contributed by atoms with van der Waals surface area (Å²) in [6.45, 7) is 2.06. The van der Waals surface area contributed by atoms with E-state index in [1.54, 1.807) is 11.1 Å². The summed E-state index contributed by atoms with van der Waals surface area (Å²) in [5, 5.41) is 0. The van der Waals surface area contributed by atoms with Crippen LogP contribution in [0.15, 0.2) is 24.3 Å². The van der Waals surface area contributed by atoms with Gasteiger partial charge >= 0.3 is 0 Å². The lowest BCUT2D eigenvalue weighted by molar-refractivity contribution is 0.0929. The van der Waals surface area contributed by atoms with E-state index in [9.17, 15) is 0 Å². The van der Waals surface area contributed by atoms with E-state index in [1.165, 1.54) is 51.5 Å². The van der Waals surface area contributed by atoms with E-state index in [0.29, 0.717) is 12.1 Å². The van der Waals surface area contributed by atoms with Crippen molar-refractivity contribution in [3.8, 4) is 0 Å². The van der Waals surface area contributed by atoms with Gasteiger partial charge in [0, 0.05) is 18.6 Å². The van der Waals surface area contributed by atoms with Crippen molar-refractivity contribution in [3.63, 3.8) is 0 Å². The van der Waals surface area contributed by atoms with Crippen molar-refractivity contribution in [1.82, 2.24) is 4.90 Å². The summed E-state index contributed by atoms with van der Waals surface area (Å²) in [5.74, 6) is 0. The Balaban J connectivity index is 1.90. The van der Waals surface area contributed by atoms with Gasteiger partial charge in [0.1, 0.15) is 0 Å². The second-order valence-electron chi connectivity index (χ2n) is 6.08. The lowest BCUT2D eigenvalue weighted by Gasteiger charge is -2.41. The maximum atomic E-state index is 6.02. The monoisotopic (exact) mass is 258 g/mol. The molecule has 19 heavy (non-hydrogen) atoms. The molecule has 0 bridgehead atoms. The molecule has 1 aliphatic carbocycles. The summed E-state index contributed by atoms with van der Waals surface area (Å²) in [4.78, 5) is 2.72. The first-order chi connectivity index (χ1) is 9.40. The zero-order chi connectivity index (χ0) is 13.1. The van der Waals surface area contributed by atoms with Crippen LogP contribution >= 0.6 is 0 Å². The third-order valence-corrected chi connectivity index (χ3v) is 4.93. The number of likely N-dealkylation sites (tertiary alicyclic amines) is 1. The summed E-state index contributed by atoms with van der Waals surface area (Å²) in [7, 11) is 0. The van der Waals surface area contributed by atoms with Gasteiger partial charge in [-0.3, -0.25) is 4.90 Å². The number of aryl methyl sites for hydroxylation is 1. The molecule has 2 N–H and O–H groups in total. The van der Waals surface area contributed by atoms with Crippen LogP contribution in [0.5, 0.6) is 0 Å². The van der Waals surface area contributed by atoms with Crippen LogP contribution in [0.1, 0.15) is 55.7 Å². The molecule has 1 aliphatic heterocycles. The molecule has 0 radical (unpaired) electrons. The minimum absolute atomic E-state index is 0.602. The highest BCUT2D eigenvalue weighted by Gasteiger charge is 2.30. The Morgan fingerprint density at radius 3 is 2.79 bits per heavy atom. The molecule has 2 nitrogen and oxygen atoms in total. The third kappa shape index (κ3) is 2.70. The third-order valence-electron chi connectivity index (χ3n) is 4.93. The number of nitrogens with two attached hydrogens (primary N) is 1. The lowest BCUT2D eigenvalue weighted by Crippen LogP contribution is -2.46. The number of hydrogen-bond acceptors (Lipinski definition) is 2. The molecule has 1 aromatic carbocycles. The predicted molar refractivity (Wildman–Crippen MR) is 80.1 cm³/mol. The van der Waals surface area contributed by atoms with Crippen molar-refractivity contribution >= 4 is 0 Å². The van der Waals surface area contributed by atoms with Crippen molar-refractivity contribution in [1.29, 1.82) is 0 Å². The molecular weight excluding hydrogens is 232 g/mol. The van der Waals surface area contributed by atoms with Gasteiger partial charge in [0.05, 0.1) is 0 Å². The maximum absolute atomic E-state index is 6.02. The van der Waals surface area contributed by atoms with E-state index in [0.717, 1.165) is 6.54 Å². The highest BCUT2D eigenvalue weighted by Crippen LogP contribution is 2.36. The van der Waals surface area contributed by atoms with E-state index in [1.807, 2.05) is 0 Å². The van der Waals surface area contributed by atoms with Crippen LogP contribution in [0.2, 0.25) is 0 Å². The number of piperidine rings is 1. The summed E-state index contributed by atoms with van der Waals surface area (Å²) in [6, 6.07) is 10.3. The SMILES string of the molecule is NCC1CCCCN1C1CCCCc2ccccc21. The fourth-order valence-corrected chi connectivity index (χ4v) is 3.93. The van der Waals surface area contributed by atoms with Crippen LogP contribution in [0.3, 0.4) is 0 Å². The average Bonchev–Trinajstić information content (AvgIpc) is 2.69. The molecule has 104 valence electrons. The van der Waals surface area contributed by atoms with Gasteiger partial charge in [-0.25, -0.2) is 0 Å². The first-order valence-electron chi connectivity index (χ1n) is 7.94. The summed E-state index contributed by atoms with van der Waals surface area (Å²) >= 11 is 0. The van der Waals surface area contributed by atoms with Crippen molar-refractivity contribution < 1.29 is 0 Å². The number of hydrogen-bond donors (Lipinski definition) is 1. The minimum Gasteiger partial charge on any atom is -0.329 e. The molecule has 0 aromatic heterocycles. The molecule has 0 spiro atoms. The average molecular weight is 258 g/mol. The fraction of sp³-hybridized carbons (Fsp3) is 0.647. The molecule has 1 saturated heterocycles. The van der Waals surface area contributed by atoms with E-state index in [4.69, 9.17) is 5.73 Å². The molecule has 2 heteroatoms. The summed E-state index contributed by atoms with van der Waals surface area (Å²) < 4.78 is 0. The number of rotatable bonds is 2. The topological polar surface area (TPSA) is 29.3 Å². The zero-order valence-electron chi connectivity index (χ0n) is 11.9. The molecule has 2 unspecified atom stereocenters. The van der Waals surface area contributed by atoms with Crippen LogP contribution in [0.25, 0.3) is 0 Å². The van der Waals surface area contributed by atoms with Gasteiger partial charge < -0.3 is 5.73 Å². The standard InChI is InChI=1S/C17H26N2/c18-13-15-9-5-6-12-19(15)17-11-4-2-8-14-7-1-3-10-16(14)17/h1,3,7,10,15,17H,2,4-6,8-9,11-13,18H2. The molecule has 3 rings (SSSR count). The van der Waals surface area contributed by atoms with Crippen LogP contribution in [-0.2, 0) is 6.42 Å². The highest BCUT2D eigenvalue weighted by molar-refractivity contribution is 5.31. The van der Waals surface area contributed by atoms with Gasteiger partial charge in [0.15, 0.2) is 0 Å². The Kier molecular flexibility index (Phi) is 4.19. The molecule has 2 aliphatic rings. The number of nitrogens with zero attached hydrogens (tertiary/aromatic N) is 1. The highest BCUT2D eigenvalue weighted by atomic mass is 15.2. The molecule has 0 amide bonds. The fourth-order valence-electron chi connectivity index (χ4n) is 3.93. The number of benzene rings is 1. The van der Waals surface area contributed by atoms with Crippen LogP contribution in [0, 0.1) is 0 Å². The first-order valence-corrected chi connectivity index (χ1v) is 7.94. The molecule has 0 saturated carbocycles. The first kappa shape index (κ1) is 13.1. The zero-order valence-corrected chi connectivity index (χ0v) is 11.9. The molecule has 1 fully saturated rings. The Hall–Kier alpha value is -0.860. The van der Waals surface area contributed by atoms with Gasteiger partial charge in [-0.05, 0) is 49.8 Å². The molecule has 1 aromatic rings. The molecule has 2 atom stereocenters. The Labute approximate surface area is 117 Å². The van der Waals surface area contributed by atoms with Gasteiger partial charge in [-0.1, -0.05) is 37.1 Å². The van der Waals surface area contributed by atoms with Crippen molar-refractivity contribution in [3.05, 3.63) is 35.4 Å². The summed E-state index contributed by atoms with van der Waals surface area (Å²) in [5.41, 5.74) is 9.18. The van der Waals surface area contributed by atoms with Crippen LogP contribution in [0.4, 0.5) is 0 Å². The van der Waals surface area contributed by atoms with E-state index in [-0.39, 0.29) is 0 Å². The van der Waals surface area contributed by atoms with E-state index < -0.39 is 0 Å². The van der Waals surface area contributed by atoms with Crippen LogP contribution < -0.4 is 5.73 Å². The Bertz CT molecular complexity index is 415. The summed E-state index contributed by atoms with van der Waals surface area (Å²) in [6.07, 6.45) is 9.25. The van der Waals surface area contributed by atoms with Gasteiger partial charge in [0.25, 0.3) is 0 Å². The van der Waals surface area contributed by atoms with E-state index >= 15 is 0 Å². The molecule has 1 heterocycles. The maximum Gasteiger partial charge on any atom is 0.0354 e. The van der Waals surface area contributed by atoms with Gasteiger partial charge in [-0.2, -0.15) is 0 Å². The minimum atomic E-state index is 0.602. The normalized spacial score (nSPS) is 28.7. The molecular formula is C17H26N2. The van der Waals surface area contributed by atoms with E-state index in [2.05, 4.69) is 29.2 Å². The largest absolute Gasteiger partial charge is 0.329 e. The van der Waals surface area contributed by atoms with Gasteiger partial charge in [0.2, 0.25) is 0 Å². The second-order valence-corrected chi connectivity index (χ2v) is 6.08. The second kappa shape index (κ2) is 6.06. The number of fused-ring (bicyclic) bond motifs is 1. The lowest BCUT2D eigenvalue weighted by atomic mass is 9.92.